The maximum atomic E-state index is 9.20. The monoisotopic (exact) mass is 338 g/mol. The third-order valence-electron chi connectivity index (χ3n) is 3.98. The van der Waals surface area contributed by atoms with Crippen LogP contribution in [0.3, 0.4) is 0 Å². The molecule has 3 rings (SSSR count). The molecule has 0 N–H and O–H groups in total. The summed E-state index contributed by atoms with van der Waals surface area (Å²) in [7, 11) is -1.08. The molecule has 0 atom stereocenters. The maximum absolute atomic E-state index is 9.20. The van der Waals surface area contributed by atoms with Crippen molar-refractivity contribution in [3.05, 3.63) is 48.4 Å². The van der Waals surface area contributed by atoms with E-state index in [1.807, 2.05) is 45.9 Å². The highest BCUT2D eigenvalue weighted by atomic mass is 28.3. The molecule has 0 unspecified atom stereocenters. The summed E-state index contributed by atoms with van der Waals surface area (Å²) in [6.45, 7) is 8.25. The molecule has 0 fully saturated rings. The van der Waals surface area contributed by atoms with Crippen LogP contribution in [0.1, 0.15) is 5.69 Å². The van der Waals surface area contributed by atoms with Crippen LogP contribution in [0.15, 0.2) is 42.7 Å². The predicted molar refractivity (Wildman–Crippen MR) is 97.9 cm³/mol. The molecule has 0 radical (unpaired) electrons. The summed E-state index contributed by atoms with van der Waals surface area (Å²) >= 11 is 0. The van der Waals surface area contributed by atoms with Gasteiger partial charge in [-0.05, 0) is 36.4 Å². The van der Waals surface area contributed by atoms with Crippen LogP contribution in [0.5, 0.6) is 0 Å². The van der Waals surface area contributed by atoms with Gasteiger partial charge in [0.15, 0.2) is 0 Å². The normalized spacial score (nSPS) is 11.8. The minimum absolute atomic E-state index is 0.453. The standard InChI is InChI=1S/C18H22N4OSi/c1-24(2,3)10-9-23-14-22-18-11-16(7-6-15(18)13-20-22)21-8-4-5-17(21)12-19/h4-8,11,13H,9-10,14H2,1-3H3. The van der Waals surface area contributed by atoms with Crippen LogP contribution >= 0.6 is 0 Å². The Balaban J connectivity index is 1.81. The second-order valence-electron chi connectivity index (χ2n) is 7.11. The Hall–Kier alpha value is -2.36. The summed E-state index contributed by atoms with van der Waals surface area (Å²) in [6, 6.07) is 13.1. The van der Waals surface area contributed by atoms with Gasteiger partial charge in [0.1, 0.15) is 18.5 Å². The molecule has 0 saturated carbocycles. The second kappa shape index (κ2) is 6.63. The highest BCUT2D eigenvalue weighted by Crippen LogP contribution is 2.20. The fourth-order valence-corrected chi connectivity index (χ4v) is 3.29. The van der Waals surface area contributed by atoms with Crippen molar-refractivity contribution in [2.45, 2.75) is 32.4 Å². The molecule has 124 valence electrons. The third-order valence-corrected chi connectivity index (χ3v) is 5.68. The quantitative estimate of drug-likeness (QED) is 0.504. The molecule has 0 aliphatic heterocycles. The Morgan fingerprint density at radius 2 is 2.08 bits per heavy atom. The fraction of sp³-hybridized carbons (Fsp3) is 0.333. The lowest BCUT2D eigenvalue weighted by molar-refractivity contribution is 0.0817. The molecular formula is C18H22N4OSi. The molecule has 2 aromatic heterocycles. The van der Waals surface area contributed by atoms with Crippen molar-refractivity contribution in [3.8, 4) is 11.8 Å². The van der Waals surface area contributed by atoms with Crippen LogP contribution in [0.25, 0.3) is 16.6 Å². The summed E-state index contributed by atoms with van der Waals surface area (Å²) in [4.78, 5) is 0. The molecule has 0 saturated heterocycles. The van der Waals surface area contributed by atoms with Crippen LogP contribution in [0.2, 0.25) is 25.7 Å². The molecule has 3 aromatic rings. The van der Waals surface area contributed by atoms with Crippen molar-refractivity contribution in [1.82, 2.24) is 14.3 Å². The lowest BCUT2D eigenvalue weighted by Crippen LogP contribution is -2.22. The van der Waals surface area contributed by atoms with Crippen LogP contribution in [0.4, 0.5) is 0 Å². The van der Waals surface area contributed by atoms with E-state index in [1.54, 1.807) is 6.07 Å². The van der Waals surface area contributed by atoms with Crippen molar-refractivity contribution in [1.29, 1.82) is 5.26 Å². The van der Waals surface area contributed by atoms with Gasteiger partial charge in [0.2, 0.25) is 0 Å². The number of nitriles is 1. The lowest BCUT2D eigenvalue weighted by atomic mass is 10.2. The average Bonchev–Trinajstić information content (AvgIpc) is 3.16. The molecule has 5 nitrogen and oxygen atoms in total. The number of hydrogen-bond donors (Lipinski definition) is 0. The third kappa shape index (κ3) is 3.58. The highest BCUT2D eigenvalue weighted by molar-refractivity contribution is 6.76. The van der Waals surface area contributed by atoms with Crippen molar-refractivity contribution in [3.63, 3.8) is 0 Å². The number of rotatable bonds is 6. The van der Waals surface area contributed by atoms with Gasteiger partial charge in [-0.2, -0.15) is 10.4 Å². The molecule has 24 heavy (non-hydrogen) atoms. The van der Waals surface area contributed by atoms with Crippen LogP contribution in [0, 0.1) is 11.3 Å². The van der Waals surface area contributed by atoms with Gasteiger partial charge in [-0.1, -0.05) is 19.6 Å². The van der Waals surface area contributed by atoms with Gasteiger partial charge in [-0.3, -0.25) is 0 Å². The minimum atomic E-state index is -1.08. The second-order valence-corrected chi connectivity index (χ2v) is 12.7. The van der Waals surface area contributed by atoms with Crippen LogP contribution < -0.4 is 0 Å². The van der Waals surface area contributed by atoms with E-state index in [2.05, 4.69) is 30.8 Å². The van der Waals surface area contributed by atoms with Gasteiger partial charge in [0.25, 0.3) is 0 Å². The number of aromatic nitrogens is 3. The van der Waals surface area contributed by atoms with Gasteiger partial charge in [0, 0.05) is 32.0 Å². The minimum Gasteiger partial charge on any atom is -0.360 e. The first-order valence-corrected chi connectivity index (χ1v) is 11.8. The van der Waals surface area contributed by atoms with Crippen molar-refractivity contribution >= 4 is 19.0 Å². The summed E-state index contributed by atoms with van der Waals surface area (Å²) in [6.07, 6.45) is 3.74. The summed E-state index contributed by atoms with van der Waals surface area (Å²) < 4.78 is 9.57. The summed E-state index contributed by atoms with van der Waals surface area (Å²) in [5.41, 5.74) is 2.58. The number of nitrogens with zero attached hydrogens (tertiary/aromatic N) is 4. The van der Waals surface area contributed by atoms with E-state index in [0.29, 0.717) is 12.4 Å². The molecule has 1 aromatic carbocycles. The molecule has 6 heteroatoms. The zero-order chi connectivity index (χ0) is 17.2. The summed E-state index contributed by atoms with van der Waals surface area (Å²) in [5.74, 6) is 0. The van der Waals surface area contributed by atoms with Gasteiger partial charge >= 0.3 is 0 Å². The maximum Gasteiger partial charge on any atom is 0.139 e. The van der Waals surface area contributed by atoms with Gasteiger partial charge < -0.3 is 9.30 Å². The van der Waals surface area contributed by atoms with Crippen molar-refractivity contribution in [2.75, 3.05) is 6.61 Å². The van der Waals surface area contributed by atoms with Crippen LogP contribution in [-0.4, -0.2) is 29.0 Å². The molecular weight excluding hydrogens is 316 g/mol. The van der Waals surface area contributed by atoms with Crippen molar-refractivity contribution < 1.29 is 4.74 Å². The number of hydrogen-bond acceptors (Lipinski definition) is 3. The van der Waals surface area contributed by atoms with Gasteiger partial charge in [-0.15, -0.1) is 0 Å². The van der Waals surface area contributed by atoms with E-state index < -0.39 is 8.07 Å². The Labute approximate surface area is 143 Å². The predicted octanol–water partition coefficient (Wildman–Crippen LogP) is 4.01. The Kier molecular flexibility index (Phi) is 4.56. The van der Waals surface area contributed by atoms with E-state index >= 15 is 0 Å². The largest absolute Gasteiger partial charge is 0.360 e. The van der Waals surface area contributed by atoms with E-state index in [1.165, 1.54) is 0 Å². The van der Waals surface area contributed by atoms with E-state index in [-0.39, 0.29) is 0 Å². The lowest BCUT2D eigenvalue weighted by Gasteiger charge is -2.15. The first-order valence-electron chi connectivity index (χ1n) is 8.09. The molecule has 0 spiro atoms. The fourth-order valence-electron chi connectivity index (χ4n) is 2.54. The Morgan fingerprint density at radius 3 is 2.83 bits per heavy atom. The van der Waals surface area contributed by atoms with E-state index in [4.69, 9.17) is 4.74 Å². The Morgan fingerprint density at radius 1 is 1.25 bits per heavy atom. The average molecular weight is 338 g/mol. The van der Waals surface area contributed by atoms with Crippen LogP contribution in [-0.2, 0) is 11.5 Å². The smallest absolute Gasteiger partial charge is 0.139 e. The molecule has 0 aliphatic rings. The number of fused-ring (bicyclic) bond motifs is 1. The molecule has 0 amide bonds. The van der Waals surface area contributed by atoms with E-state index in [0.717, 1.165) is 29.2 Å². The molecule has 0 aliphatic carbocycles. The number of benzene rings is 1. The molecule has 2 heterocycles. The first-order chi connectivity index (χ1) is 11.5. The first kappa shape index (κ1) is 16.5. The topological polar surface area (TPSA) is 55.8 Å². The summed E-state index contributed by atoms with van der Waals surface area (Å²) in [5, 5.41) is 14.7. The molecule has 0 bridgehead atoms. The zero-order valence-corrected chi connectivity index (χ0v) is 15.4. The van der Waals surface area contributed by atoms with Gasteiger partial charge in [0.05, 0.1) is 11.7 Å². The SMILES string of the molecule is C[Si](C)(C)CCOCn1ncc2ccc(-n3cccc3C#N)cc21. The zero-order valence-electron chi connectivity index (χ0n) is 14.4. The highest BCUT2D eigenvalue weighted by Gasteiger charge is 2.12. The Bertz CT molecular complexity index is 882. The van der Waals surface area contributed by atoms with Gasteiger partial charge in [-0.25, -0.2) is 4.68 Å². The number of ether oxygens (including phenoxy) is 1. The van der Waals surface area contributed by atoms with E-state index in [9.17, 15) is 5.26 Å². The van der Waals surface area contributed by atoms with Crippen molar-refractivity contribution in [2.24, 2.45) is 0 Å².